The van der Waals surface area contributed by atoms with Crippen molar-refractivity contribution in [1.82, 2.24) is 0 Å². The topological polar surface area (TPSA) is 35.5 Å². The summed E-state index contributed by atoms with van der Waals surface area (Å²) in [6.45, 7) is 3.21. The Balaban J connectivity index is 1.60. The molecule has 0 aromatic heterocycles. The molecule has 1 aliphatic heterocycles. The molecule has 0 radical (unpaired) electrons. The number of aryl methyl sites for hydroxylation is 2. The van der Waals surface area contributed by atoms with Gasteiger partial charge in [-0.05, 0) is 77.9 Å². The van der Waals surface area contributed by atoms with E-state index in [0.29, 0.717) is 37.2 Å². The third-order valence-corrected chi connectivity index (χ3v) is 5.17. The van der Waals surface area contributed by atoms with Crippen LogP contribution in [-0.2, 0) is 12.8 Å². The second-order valence-corrected chi connectivity index (χ2v) is 6.92. The Labute approximate surface area is 163 Å². The minimum absolute atomic E-state index is 0.272. The van der Waals surface area contributed by atoms with Gasteiger partial charge in [0.05, 0.1) is 0 Å². The number of aldehydes is 1. The molecule has 0 N–H and O–H groups in total. The normalized spacial score (nSPS) is 12.6. The maximum atomic E-state index is 14.1. The van der Waals surface area contributed by atoms with Crippen molar-refractivity contribution in [2.75, 3.05) is 13.2 Å². The first-order valence-corrected chi connectivity index (χ1v) is 9.38. The van der Waals surface area contributed by atoms with Gasteiger partial charge in [0.2, 0.25) is 0 Å². The zero-order valence-electron chi connectivity index (χ0n) is 15.7. The van der Waals surface area contributed by atoms with Gasteiger partial charge in [-0.2, -0.15) is 0 Å². The average Bonchev–Trinajstić information content (AvgIpc) is 2.73. The summed E-state index contributed by atoms with van der Waals surface area (Å²) in [7, 11) is 0. The fourth-order valence-electron chi connectivity index (χ4n) is 3.61. The van der Waals surface area contributed by atoms with Crippen LogP contribution in [0.3, 0.4) is 0 Å². The predicted molar refractivity (Wildman–Crippen MR) is 107 cm³/mol. The molecular weight excluding hydrogens is 355 g/mol. The molecule has 0 aliphatic carbocycles. The maximum Gasteiger partial charge on any atom is 0.161 e. The molecule has 3 aromatic rings. The van der Waals surface area contributed by atoms with Gasteiger partial charge in [-0.25, -0.2) is 4.39 Å². The zero-order valence-corrected chi connectivity index (χ0v) is 15.7. The van der Waals surface area contributed by atoms with Crippen LogP contribution in [-0.4, -0.2) is 19.5 Å². The number of fused-ring (bicyclic) bond motifs is 1. The fourth-order valence-corrected chi connectivity index (χ4v) is 3.61. The summed E-state index contributed by atoms with van der Waals surface area (Å²) in [4.78, 5) is 11.0. The van der Waals surface area contributed by atoms with Crippen molar-refractivity contribution in [2.45, 2.75) is 19.8 Å². The van der Waals surface area contributed by atoms with E-state index in [1.165, 1.54) is 12.1 Å². The highest BCUT2D eigenvalue weighted by molar-refractivity contribution is 5.75. The van der Waals surface area contributed by atoms with Gasteiger partial charge < -0.3 is 9.47 Å². The van der Waals surface area contributed by atoms with E-state index >= 15 is 0 Å². The lowest BCUT2D eigenvalue weighted by Crippen LogP contribution is -2.15. The quantitative estimate of drug-likeness (QED) is 0.576. The number of carbonyl (C=O) groups is 1. The lowest BCUT2D eigenvalue weighted by atomic mass is 9.93. The monoisotopic (exact) mass is 376 g/mol. The van der Waals surface area contributed by atoms with Gasteiger partial charge in [-0.15, -0.1) is 0 Å². The molecule has 0 fully saturated rings. The Morgan fingerprint density at radius 1 is 0.929 bits per heavy atom. The molecule has 1 aliphatic rings. The number of halogens is 1. The third-order valence-electron chi connectivity index (χ3n) is 5.17. The van der Waals surface area contributed by atoms with Crippen LogP contribution in [0.2, 0.25) is 0 Å². The van der Waals surface area contributed by atoms with Crippen molar-refractivity contribution < 1.29 is 18.7 Å². The Morgan fingerprint density at radius 2 is 1.71 bits per heavy atom. The van der Waals surface area contributed by atoms with E-state index < -0.39 is 0 Å². The highest BCUT2D eigenvalue weighted by atomic mass is 19.1. The molecule has 4 rings (SSSR count). The average molecular weight is 376 g/mol. The van der Waals surface area contributed by atoms with Crippen molar-refractivity contribution in [2.24, 2.45) is 0 Å². The molecular formula is C24H21FO3. The van der Waals surface area contributed by atoms with Crippen LogP contribution < -0.4 is 9.47 Å². The van der Waals surface area contributed by atoms with Gasteiger partial charge in [-0.1, -0.05) is 24.3 Å². The molecule has 0 bridgehead atoms. The Bertz CT molecular complexity index is 1030. The highest BCUT2D eigenvalue weighted by Crippen LogP contribution is 2.36. The molecule has 4 heteroatoms. The molecule has 0 spiro atoms. The molecule has 0 saturated heterocycles. The van der Waals surface area contributed by atoms with E-state index in [1.54, 1.807) is 6.07 Å². The Kier molecular flexibility index (Phi) is 5.11. The van der Waals surface area contributed by atoms with Gasteiger partial charge in [0.15, 0.2) is 11.5 Å². The number of benzene rings is 3. The third kappa shape index (κ3) is 3.63. The van der Waals surface area contributed by atoms with E-state index in [2.05, 4.69) is 19.1 Å². The predicted octanol–water partition coefficient (Wildman–Crippen LogP) is 5.17. The van der Waals surface area contributed by atoms with Gasteiger partial charge in [0, 0.05) is 5.56 Å². The minimum Gasteiger partial charge on any atom is -0.486 e. The molecule has 142 valence electrons. The Hall–Kier alpha value is -3.14. The molecule has 0 saturated carbocycles. The summed E-state index contributed by atoms with van der Waals surface area (Å²) >= 11 is 0. The Morgan fingerprint density at radius 3 is 2.54 bits per heavy atom. The van der Waals surface area contributed by atoms with Gasteiger partial charge in [0.1, 0.15) is 25.3 Å². The molecule has 3 nitrogen and oxygen atoms in total. The van der Waals surface area contributed by atoms with E-state index in [0.717, 1.165) is 40.0 Å². The smallest absolute Gasteiger partial charge is 0.161 e. The van der Waals surface area contributed by atoms with Crippen LogP contribution in [0.25, 0.3) is 11.1 Å². The van der Waals surface area contributed by atoms with Crippen molar-refractivity contribution in [3.05, 3.63) is 82.7 Å². The van der Waals surface area contributed by atoms with Crippen molar-refractivity contribution in [3.63, 3.8) is 0 Å². The van der Waals surface area contributed by atoms with E-state index in [9.17, 15) is 9.18 Å². The number of ether oxygens (including phenoxy) is 2. The number of hydrogen-bond donors (Lipinski definition) is 0. The first kappa shape index (κ1) is 18.2. The maximum absolute atomic E-state index is 14.1. The van der Waals surface area contributed by atoms with Crippen molar-refractivity contribution in [1.29, 1.82) is 0 Å². The summed E-state index contributed by atoms with van der Waals surface area (Å²) in [6, 6.07) is 16.6. The molecule has 0 atom stereocenters. The highest BCUT2D eigenvalue weighted by Gasteiger charge is 2.14. The summed E-state index contributed by atoms with van der Waals surface area (Å²) in [5.74, 6) is 1.27. The van der Waals surface area contributed by atoms with Crippen molar-refractivity contribution >= 4 is 6.29 Å². The summed E-state index contributed by atoms with van der Waals surface area (Å²) in [5, 5.41) is 0. The van der Waals surface area contributed by atoms with Crippen LogP contribution >= 0.6 is 0 Å². The first-order valence-electron chi connectivity index (χ1n) is 9.38. The van der Waals surface area contributed by atoms with Crippen LogP contribution in [0.1, 0.15) is 27.0 Å². The number of hydrogen-bond acceptors (Lipinski definition) is 3. The van der Waals surface area contributed by atoms with Crippen LogP contribution in [0.4, 0.5) is 4.39 Å². The van der Waals surface area contributed by atoms with Gasteiger partial charge in [0.25, 0.3) is 0 Å². The summed E-state index contributed by atoms with van der Waals surface area (Å²) in [6.07, 6.45) is 1.99. The van der Waals surface area contributed by atoms with E-state index in [1.807, 2.05) is 24.3 Å². The fraction of sp³-hybridized carbons (Fsp3) is 0.208. The summed E-state index contributed by atoms with van der Waals surface area (Å²) in [5.41, 5.74) is 5.57. The van der Waals surface area contributed by atoms with Crippen molar-refractivity contribution in [3.8, 4) is 22.6 Å². The summed E-state index contributed by atoms with van der Waals surface area (Å²) < 4.78 is 25.4. The molecule has 28 heavy (non-hydrogen) atoms. The molecule has 3 aromatic carbocycles. The zero-order chi connectivity index (χ0) is 19.5. The van der Waals surface area contributed by atoms with Gasteiger partial charge in [-0.3, -0.25) is 4.79 Å². The van der Waals surface area contributed by atoms with Gasteiger partial charge >= 0.3 is 0 Å². The SMILES string of the molecule is Cc1c(CCc2cc(C=O)ccc2F)cccc1-c1ccc2c(c1)OCCO2. The van der Waals surface area contributed by atoms with E-state index in [-0.39, 0.29) is 5.82 Å². The number of rotatable bonds is 5. The first-order chi connectivity index (χ1) is 13.7. The molecule has 0 amide bonds. The van der Waals surface area contributed by atoms with Crippen LogP contribution in [0.5, 0.6) is 11.5 Å². The number of carbonyl (C=O) groups excluding carboxylic acids is 1. The second-order valence-electron chi connectivity index (χ2n) is 6.92. The van der Waals surface area contributed by atoms with Crippen LogP contribution in [0, 0.1) is 12.7 Å². The largest absolute Gasteiger partial charge is 0.486 e. The molecule has 0 unspecified atom stereocenters. The standard InChI is InChI=1S/C24H21FO3/c1-16-18(6-7-20-13-17(15-26)5-9-22(20)25)3-2-4-21(16)19-8-10-23-24(14-19)28-12-11-27-23/h2-5,8-10,13-15H,6-7,11-12H2,1H3. The lowest BCUT2D eigenvalue weighted by Gasteiger charge is -2.19. The minimum atomic E-state index is -0.272. The van der Waals surface area contributed by atoms with Crippen LogP contribution in [0.15, 0.2) is 54.6 Å². The van der Waals surface area contributed by atoms with E-state index in [4.69, 9.17) is 9.47 Å². The molecule has 1 heterocycles. The second kappa shape index (κ2) is 7.85. The lowest BCUT2D eigenvalue weighted by molar-refractivity contribution is 0.112.